The number of hydrogen-bond acceptors (Lipinski definition) is 9. The molecule has 0 saturated carbocycles. The number of halogens is 2. The molecule has 12 heteroatoms. The van der Waals surface area contributed by atoms with Gasteiger partial charge in [0.2, 0.25) is 5.88 Å². The molecule has 2 aromatic heterocycles. The minimum atomic E-state index is -1.90. The van der Waals surface area contributed by atoms with Crippen LogP contribution in [0.25, 0.3) is 11.0 Å². The van der Waals surface area contributed by atoms with Crippen molar-refractivity contribution in [3.63, 3.8) is 0 Å². The Morgan fingerprint density at radius 1 is 1.02 bits per heavy atom. The number of para-hydroxylation sites is 1. The van der Waals surface area contributed by atoms with Crippen LogP contribution in [-0.4, -0.2) is 56.5 Å². The highest BCUT2D eigenvalue weighted by molar-refractivity contribution is 5.85. The Labute approximate surface area is 276 Å². The third kappa shape index (κ3) is 7.30. The van der Waals surface area contributed by atoms with Crippen LogP contribution in [0, 0.1) is 23.0 Å². The number of ether oxygens (including phenoxy) is 2. The fourth-order valence-corrected chi connectivity index (χ4v) is 6.05. The largest absolute Gasteiger partial charge is 0.473 e. The van der Waals surface area contributed by atoms with Gasteiger partial charge in [0.15, 0.2) is 12.1 Å². The van der Waals surface area contributed by atoms with Crippen LogP contribution in [0.2, 0.25) is 0 Å². The number of aliphatic hydroxyl groups is 2. The van der Waals surface area contributed by atoms with E-state index in [0.29, 0.717) is 48.2 Å². The van der Waals surface area contributed by atoms with Gasteiger partial charge in [-0.05, 0) is 62.3 Å². The van der Waals surface area contributed by atoms with Crippen LogP contribution in [0.3, 0.4) is 0 Å². The monoisotopic (exact) mass is 654 g/mol. The van der Waals surface area contributed by atoms with Gasteiger partial charge in [0.05, 0.1) is 36.0 Å². The number of piperidine rings is 1. The van der Waals surface area contributed by atoms with Gasteiger partial charge in [-0.2, -0.15) is 5.26 Å². The maximum absolute atomic E-state index is 16.1. The minimum Gasteiger partial charge on any atom is -0.473 e. The third-order valence-electron chi connectivity index (χ3n) is 8.61. The number of nitriles is 1. The molecule has 0 bridgehead atoms. The maximum Gasteiger partial charge on any atom is 0.213 e. The molecule has 6 rings (SSSR count). The van der Waals surface area contributed by atoms with E-state index >= 15 is 4.39 Å². The van der Waals surface area contributed by atoms with E-state index in [4.69, 9.17) is 24.7 Å². The highest BCUT2D eigenvalue weighted by Crippen LogP contribution is 2.35. The van der Waals surface area contributed by atoms with Crippen molar-refractivity contribution in [3.8, 4) is 11.9 Å². The SMILES string of the molecule is COCCn1c(CN2CCC(c3cccc(OCc4ccc(C#N)cc4F)n3)CC2)nc2c(F)c(Nc3ccccc3)c(C(O)O)cc21. The van der Waals surface area contributed by atoms with Crippen LogP contribution in [0.4, 0.5) is 20.2 Å². The van der Waals surface area contributed by atoms with Crippen LogP contribution in [0.1, 0.15) is 53.3 Å². The second-order valence-corrected chi connectivity index (χ2v) is 11.7. The molecule has 0 atom stereocenters. The van der Waals surface area contributed by atoms with Crippen molar-refractivity contribution >= 4 is 22.4 Å². The van der Waals surface area contributed by atoms with Gasteiger partial charge in [-0.15, -0.1) is 0 Å². The van der Waals surface area contributed by atoms with Crippen molar-refractivity contribution < 1.29 is 28.5 Å². The smallest absolute Gasteiger partial charge is 0.213 e. The molecule has 248 valence electrons. The lowest BCUT2D eigenvalue weighted by molar-refractivity contribution is -0.0419. The van der Waals surface area contributed by atoms with Gasteiger partial charge in [-0.1, -0.05) is 30.3 Å². The number of pyridine rings is 1. The summed E-state index contributed by atoms with van der Waals surface area (Å²) in [5.74, 6) is 0.0955. The Hall–Kier alpha value is -4.93. The number of likely N-dealkylation sites (tertiary alicyclic amines) is 1. The number of rotatable bonds is 12. The molecule has 3 N–H and O–H groups in total. The number of anilines is 2. The molecule has 1 aliphatic heterocycles. The summed E-state index contributed by atoms with van der Waals surface area (Å²) >= 11 is 0. The molecule has 0 radical (unpaired) electrons. The van der Waals surface area contributed by atoms with E-state index in [2.05, 4.69) is 10.2 Å². The van der Waals surface area contributed by atoms with Crippen molar-refractivity contribution in [2.45, 2.75) is 44.7 Å². The van der Waals surface area contributed by atoms with Gasteiger partial charge in [-0.3, -0.25) is 4.90 Å². The van der Waals surface area contributed by atoms with E-state index < -0.39 is 17.9 Å². The van der Waals surface area contributed by atoms with Crippen molar-refractivity contribution in [2.24, 2.45) is 0 Å². The average Bonchev–Trinajstić information content (AvgIpc) is 3.45. The predicted octanol–water partition coefficient (Wildman–Crippen LogP) is 5.91. The van der Waals surface area contributed by atoms with Crippen molar-refractivity contribution in [1.29, 1.82) is 5.26 Å². The van der Waals surface area contributed by atoms with E-state index in [9.17, 15) is 14.6 Å². The number of aliphatic hydroxyl groups excluding tert-OH is 1. The lowest BCUT2D eigenvalue weighted by Crippen LogP contribution is -2.33. The summed E-state index contributed by atoms with van der Waals surface area (Å²) in [4.78, 5) is 11.7. The van der Waals surface area contributed by atoms with Crippen LogP contribution in [0.5, 0.6) is 5.88 Å². The van der Waals surface area contributed by atoms with Gasteiger partial charge in [0.25, 0.3) is 0 Å². The molecule has 3 aromatic carbocycles. The topological polar surface area (TPSA) is 129 Å². The van der Waals surface area contributed by atoms with Gasteiger partial charge in [0.1, 0.15) is 23.8 Å². The molecule has 0 spiro atoms. The minimum absolute atomic E-state index is 0.000322. The molecule has 0 unspecified atom stereocenters. The van der Waals surface area contributed by atoms with Gasteiger partial charge in [-0.25, -0.2) is 18.7 Å². The molecular formula is C36H36F2N6O4. The zero-order valence-electron chi connectivity index (χ0n) is 26.4. The Kier molecular flexibility index (Phi) is 10.2. The summed E-state index contributed by atoms with van der Waals surface area (Å²) in [5, 5.41) is 32.4. The normalized spacial score (nSPS) is 14.0. The first-order valence-corrected chi connectivity index (χ1v) is 15.7. The molecule has 0 aliphatic carbocycles. The molecule has 48 heavy (non-hydrogen) atoms. The van der Waals surface area contributed by atoms with E-state index in [1.165, 1.54) is 6.07 Å². The molecule has 5 aromatic rings. The fourth-order valence-electron chi connectivity index (χ4n) is 6.05. The molecule has 3 heterocycles. The zero-order valence-corrected chi connectivity index (χ0v) is 26.4. The molecule has 0 amide bonds. The highest BCUT2D eigenvalue weighted by atomic mass is 19.1. The Morgan fingerprint density at radius 3 is 2.52 bits per heavy atom. The number of aromatic nitrogens is 3. The summed E-state index contributed by atoms with van der Waals surface area (Å²) in [7, 11) is 1.59. The molecule has 10 nitrogen and oxygen atoms in total. The molecular weight excluding hydrogens is 618 g/mol. The van der Waals surface area contributed by atoms with Crippen molar-refractivity contribution in [2.75, 3.05) is 32.1 Å². The van der Waals surface area contributed by atoms with Crippen LogP contribution >= 0.6 is 0 Å². The number of imidazole rings is 1. The fraction of sp³-hybridized carbons (Fsp3) is 0.306. The van der Waals surface area contributed by atoms with E-state index in [1.807, 2.05) is 28.8 Å². The first kappa shape index (κ1) is 33.0. The number of nitrogens with zero attached hydrogens (tertiary/aromatic N) is 5. The molecule has 1 saturated heterocycles. The first-order valence-electron chi connectivity index (χ1n) is 15.7. The van der Waals surface area contributed by atoms with Crippen molar-refractivity contribution in [3.05, 3.63) is 113 Å². The summed E-state index contributed by atoms with van der Waals surface area (Å²) in [6.45, 7) is 2.75. The van der Waals surface area contributed by atoms with Gasteiger partial charge >= 0.3 is 0 Å². The zero-order chi connectivity index (χ0) is 33.6. The van der Waals surface area contributed by atoms with E-state index in [0.717, 1.165) is 31.6 Å². The predicted molar refractivity (Wildman–Crippen MR) is 175 cm³/mol. The van der Waals surface area contributed by atoms with Gasteiger partial charge < -0.3 is 29.6 Å². The van der Waals surface area contributed by atoms with E-state index in [-0.39, 0.29) is 34.9 Å². The van der Waals surface area contributed by atoms with Gasteiger partial charge in [0, 0.05) is 48.1 Å². The quantitative estimate of drug-likeness (QED) is 0.141. The summed E-state index contributed by atoms with van der Waals surface area (Å²) in [6.07, 6.45) is -0.239. The van der Waals surface area contributed by atoms with Crippen LogP contribution in [-0.2, 0) is 24.4 Å². The maximum atomic E-state index is 16.1. The lowest BCUT2D eigenvalue weighted by atomic mass is 9.93. The second-order valence-electron chi connectivity index (χ2n) is 11.7. The number of methoxy groups -OCH3 is 1. The number of nitrogens with one attached hydrogen (secondary N) is 1. The second kappa shape index (κ2) is 14.9. The molecule has 1 fully saturated rings. The number of hydrogen-bond donors (Lipinski definition) is 3. The van der Waals surface area contributed by atoms with Crippen molar-refractivity contribution in [1.82, 2.24) is 19.4 Å². The summed E-state index contributed by atoms with van der Waals surface area (Å²) < 4.78 is 43.4. The third-order valence-corrected chi connectivity index (χ3v) is 8.61. The average molecular weight is 655 g/mol. The number of benzene rings is 3. The van der Waals surface area contributed by atoms with Crippen LogP contribution < -0.4 is 10.1 Å². The lowest BCUT2D eigenvalue weighted by Gasteiger charge is -2.31. The highest BCUT2D eigenvalue weighted by Gasteiger charge is 2.26. The number of fused-ring (bicyclic) bond motifs is 1. The first-order chi connectivity index (χ1) is 23.3. The standard InChI is InChI=1S/C36H36F2N6O4/c1-47-17-16-44-30-19-27(36(45)46)34(40-26-6-3-2-4-7-26)33(38)35(30)42-31(44)21-43-14-12-24(13-15-43)29-8-5-9-32(41-29)48-22-25-11-10-23(20-39)18-28(25)37/h2-11,18-19,24,36,40,45-46H,12-17,21-22H2,1H3. The Morgan fingerprint density at radius 2 is 1.81 bits per heavy atom. The van der Waals surface area contributed by atoms with E-state index in [1.54, 1.807) is 55.6 Å². The summed E-state index contributed by atoms with van der Waals surface area (Å²) in [6, 6.07) is 22.3. The summed E-state index contributed by atoms with van der Waals surface area (Å²) in [5.41, 5.74) is 2.67. The Balaban J connectivity index is 1.17. The Bertz CT molecular complexity index is 1920. The van der Waals surface area contributed by atoms with Crippen LogP contribution in [0.15, 0.2) is 72.8 Å². The molecule has 1 aliphatic rings.